The number of carbonyl (C=O) groups is 3. The number of aromatic carboxylic acids is 1. The van der Waals surface area contributed by atoms with Crippen LogP contribution >= 0.6 is 0 Å². The van der Waals surface area contributed by atoms with E-state index in [-0.39, 0.29) is 22.6 Å². The van der Waals surface area contributed by atoms with Crippen LogP contribution in [0.1, 0.15) is 63.8 Å². The molecule has 0 heterocycles. The van der Waals surface area contributed by atoms with Crippen LogP contribution in [0.15, 0.2) is 42.5 Å². The van der Waals surface area contributed by atoms with Crippen LogP contribution < -0.4 is 10.6 Å². The van der Waals surface area contributed by atoms with Gasteiger partial charge in [0.25, 0.3) is 11.8 Å². The van der Waals surface area contributed by atoms with Gasteiger partial charge in [-0.15, -0.1) is 0 Å². The minimum absolute atomic E-state index is 0.0608. The molecule has 2 aromatic rings. The molecule has 2 aromatic carbocycles. The number of hydrogen-bond donors (Lipinski definition) is 3. The van der Waals surface area contributed by atoms with E-state index >= 15 is 0 Å². The maximum absolute atomic E-state index is 12.4. The normalized spacial score (nSPS) is 11.0. The van der Waals surface area contributed by atoms with Crippen LogP contribution in [-0.2, 0) is 0 Å². The first-order valence-corrected chi connectivity index (χ1v) is 8.70. The van der Waals surface area contributed by atoms with Gasteiger partial charge < -0.3 is 15.7 Å². The smallest absolute Gasteiger partial charge is 0.335 e. The molecule has 27 heavy (non-hydrogen) atoms. The first-order valence-electron chi connectivity index (χ1n) is 8.70. The third kappa shape index (κ3) is 5.41. The third-order valence-electron chi connectivity index (χ3n) is 4.33. The Morgan fingerprint density at radius 2 is 1.52 bits per heavy atom. The SMILES string of the molecule is CCC(C)(C)NC(=O)c1ccc(NC(=O)c2cc(C)cc(C(=O)O)c2)cc1. The van der Waals surface area contributed by atoms with E-state index in [1.54, 1.807) is 37.3 Å². The third-order valence-corrected chi connectivity index (χ3v) is 4.33. The van der Waals surface area contributed by atoms with E-state index in [1.807, 2.05) is 20.8 Å². The van der Waals surface area contributed by atoms with Crippen molar-refractivity contribution in [2.24, 2.45) is 0 Å². The highest BCUT2D eigenvalue weighted by Gasteiger charge is 2.19. The standard InChI is InChI=1S/C21H24N2O4/c1-5-21(3,4)23-19(25)14-6-8-17(9-7-14)22-18(24)15-10-13(2)11-16(12-15)20(26)27/h6-12H,5H2,1-4H3,(H,22,24)(H,23,25)(H,26,27). The zero-order chi connectivity index (χ0) is 20.2. The summed E-state index contributed by atoms with van der Waals surface area (Å²) in [4.78, 5) is 35.8. The van der Waals surface area contributed by atoms with Gasteiger partial charge in [0.1, 0.15) is 0 Å². The summed E-state index contributed by atoms with van der Waals surface area (Å²) < 4.78 is 0. The number of carbonyl (C=O) groups excluding carboxylic acids is 2. The van der Waals surface area contributed by atoms with Crippen molar-refractivity contribution in [2.75, 3.05) is 5.32 Å². The molecule has 0 aromatic heterocycles. The van der Waals surface area contributed by atoms with Gasteiger partial charge in [-0.2, -0.15) is 0 Å². The van der Waals surface area contributed by atoms with Crippen molar-refractivity contribution in [2.45, 2.75) is 39.7 Å². The lowest BCUT2D eigenvalue weighted by atomic mass is 10.0. The number of carboxylic acids is 1. The Hall–Kier alpha value is -3.15. The maximum atomic E-state index is 12.4. The Bertz CT molecular complexity index is 870. The Morgan fingerprint density at radius 1 is 0.926 bits per heavy atom. The first kappa shape index (κ1) is 20.2. The first-order chi connectivity index (χ1) is 12.6. The lowest BCUT2D eigenvalue weighted by Crippen LogP contribution is -2.42. The van der Waals surface area contributed by atoms with E-state index in [0.717, 1.165) is 6.42 Å². The lowest BCUT2D eigenvalue weighted by molar-refractivity contribution is 0.0696. The maximum Gasteiger partial charge on any atom is 0.335 e. The van der Waals surface area contributed by atoms with Gasteiger partial charge in [0.05, 0.1) is 5.56 Å². The van der Waals surface area contributed by atoms with Crippen LogP contribution in [0, 0.1) is 6.92 Å². The summed E-state index contributed by atoms with van der Waals surface area (Å²) >= 11 is 0. The van der Waals surface area contributed by atoms with Gasteiger partial charge >= 0.3 is 5.97 Å². The van der Waals surface area contributed by atoms with Gasteiger partial charge in [-0.05, 0) is 75.2 Å². The molecule has 0 aliphatic heterocycles. The van der Waals surface area contributed by atoms with Crippen molar-refractivity contribution in [1.82, 2.24) is 5.32 Å². The lowest BCUT2D eigenvalue weighted by Gasteiger charge is -2.24. The molecule has 0 aliphatic rings. The van der Waals surface area contributed by atoms with E-state index in [0.29, 0.717) is 16.8 Å². The Kier molecular flexibility index (Phi) is 6.00. The molecule has 0 spiro atoms. The second-order valence-corrected chi connectivity index (χ2v) is 7.12. The molecule has 2 amide bonds. The van der Waals surface area contributed by atoms with Crippen molar-refractivity contribution >= 4 is 23.5 Å². The van der Waals surface area contributed by atoms with Gasteiger partial charge in [-0.25, -0.2) is 4.79 Å². The van der Waals surface area contributed by atoms with Crippen LogP contribution in [0.5, 0.6) is 0 Å². The molecule has 6 nitrogen and oxygen atoms in total. The summed E-state index contributed by atoms with van der Waals surface area (Å²) in [6.07, 6.45) is 0.807. The molecule has 0 fully saturated rings. The number of anilines is 1. The zero-order valence-electron chi connectivity index (χ0n) is 15.9. The van der Waals surface area contributed by atoms with Gasteiger partial charge in [0.15, 0.2) is 0 Å². The molecule has 0 radical (unpaired) electrons. The van der Waals surface area contributed by atoms with Gasteiger partial charge in [0, 0.05) is 22.4 Å². The van der Waals surface area contributed by atoms with Crippen LogP contribution in [0.3, 0.4) is 0 Å². The van der Waals surface area contributed by atoms with E-state index in [1.165, 1.54) is 12.1 Å². The fourth-order valence-corrected chi connectivity index (χ4v) is 2.41. The number of rotatable bonds is 6. The molecule has 0 saturated heterocycles. The average Bonchev–Trinajstić information content (AvgIpc) is 2.61. The summed E-state index contributed by atoms with van der Waals surface area (Å²) in [6.45, 7) is 7.63. The van der Waals surface area contributed by atoms with E-state index in [4.69, 9.17) is 5.11 Å². The molecular formula is C21H24N2O4. The van der Waals surface area contributed by atoms with Crippen molar-refractivity contribution in [3.63, 3.8) is 0 Å². The number of benzene rings is 2. The highest BCUT2D eigenvalue weighted by Crippen LogP contribution is 2.15. The summed E-state index contributed by atoms with van der Waals surface area (Å²) in [7, 11) is 0. The van der Waals surface area contributed by atoms with Crippen molar-refractivity contribution < 1.29 is 19.5 Å². The number of amides is 2. The molecule has 142 valence electrons. The molecule has 0 saturated carbocycles. The van der Waals surface area contributed by atoms with Gasteiger partial charge in [-0.1, -0.05) is 6.92 Å². The van der Waals surface area contributed by atoms with Crippen LogP contribution in [-0.4, -0.2) is 28.4 Å². The number of hydrogen-bond acceptors (Lipinski definition) is 3. The molecule has 2 rings (SSSR count). The highest BCUT2D eigenvalue weighted by atomic mass is 16.4. The van der Waals surface area contributed by atoms with E-state index < -0.39 is 11.9 Å². The fraction of sp³-hybridized carbons (Fsp3) is 0.286. The average molecular weight is 368 g/mol. The quantitative estimate of drug-likeness (QED) is 0.721. The minimum atomic E-state index is -1.09. The van der Waals surface area contributed by atoms with Crippen LogP contribution in [0.4, 0.5) is 5.69 Å². The monoisotopic (exact) mass is 368 g/mol. The van der Waals surface area contributed by atoms with Crippen LogP contribution in [0.2, 0.25) is 0 Å². The number of nitrogens with one attached hydrogen (secondary N) is 2. The predicted octanol–water partition coefficient (Wildman–Crippen LogP) is 3.86. The van der Waals surface area contributed by atoms with Gasteiger partial charge in [0.2, 0.25) is 0 Å². The predicted molar refractivity (Wildman–Crippen MR) is 104 cm³/mol. The summed E-state index contributed by atoms with van der Waals surface area (Å²) in [5, 5.41) is 14.8. The molecule has 3 N–H and O–H groups in total. The fourth-order valence-electron chi connectivity index (χ4n) is 2.41. The number of aryl methyl sites for hydroxylation is 1. The summed E-state index contributed by atoms with van der Waals surface area (Å²) in [5.41, 5.74) is 1.73. The topological polar surface area (TPSA) is 95.5 Å². The Labute approximate surface area is 158 Å². The van der Waals surface area contributed by atoms with Crippen molar-refractivity contribution in [3.05, 3.63) is 64.7 Å². The van der Waals surface area contributed by atoms with Crippen molar-refractivity contribution in [3.8, 4) is 0 Å². The van der Waals surface area contributed by atoms with E-state index in [2.05, 4.69) is 10.6 Å². The number of carboxylic acid groups (broad SMARTS) is 1. The molecular weight excluding hydrogens is 344 g/mol. The zero-order valence-corrected chi connectivity index (χ0v) is 15.9. The molecule has 0 unspecified atom stereocenters. The summed E-state index contributed by atoms with van der Waals surface area (Å²) in [5.74, 6) is -1.67. The Morgan fingerprint density at radius 3 is 2.07 bits per heavy atom. The molecule has 6 heteroatoms. The second kappa shape index (κ2) is 8.03. The second-order valence-electron chi connectivity index (χ2n) is 7.12. The molecule has 0 atom stereocenters. The Balaban J connectivity index is 2.11. The minimum Gasteiger partial charge on any atom is -0.478 e. The van der Waals surface area contributed by atoms with Crippen molar-refractivity contribution in [1.29, 1.82) is 0 Å². The van der Waals surface area contributed by atoms with Crippen LogP contribution in [0.25, 0.3) is 0 Å². The largest absolute Gasteiger partial charge is 0.478 e. The molecule has 0 bridgehead atoms. The van der Waals surface area contributed by atoms with Gasteiger partial charge in [-0.3, -0.25) is 9.59 Å². The highest BCUT2D eigenvalue weighted by molar-refractivity contribution is 6.06. The summed E-state index contributed by atoms with van der Waals surface area (Å²) in [6, 6.07) is 11.0. The molecule has 0 aliphatic carbocycles. The van der Waals surface area contributed by atoms with E-state index in [9.17, 15) is 14.4 Å².